The lowest BCUT2D eigenvalue weighted by Crippen LogP contribution is -2.08. The SMILES string of the molecule is CC1=C(c2ccc(F)cc2F)c2cc(C(=O)O)ccc2CC1. The molecule has 2 nitrogen and oxygen atoms in total. The third-order valence-corrected chi connectivity index (χ3v) is 4.02. The van der Waals surface area contributed by atoms with E-state index in [9.17, 15) is 13.6 Å². The van der Waals surface area contributed by atoms with E-state index >= 15 is 0 Å². The van der Waals surface area contributed by atoms with E-state index in [2.05, 4.69) is 0 Å². The van der Waals surface area contributed by atoms with Gasteiger partial charge < -0.3 is 5.11 Å². The Morgan fingerprint density at radius 2 is 1.82 bits per heavy atom. The number of aryl methyl sites for hydroxylation is 1. The molecule has 0 heterocycles. The quantitative estimate of drug-likeness (QED) is 0.890. The lowest BCUT2D eigenvalue weighted by Gasteiger charge is -2.23. The van der Waals surface area contributed by atoms with Gasteiger partial charge in [-0.05, 0) is 60.7 Å². The van der Waals surface area contributed by atoms with E-state index in [1.165, 1.54) is 12.1 Å². The Bertz CT molecular complexity index is 807. The molecule has 0 aliphatic heterocycles. The van der Waals surface area contributed by atoms with Crippen LogP contribution in [0.5, 0.6) is 0 Å². The van der Waals surface area contributed by atoms with Crippen LogP contribution < -0.4 is 0 Å². The minimum atomic E-state index is -1.02. The molecule has 0 aromatic heterocycles. The van der Waals surface area contributed by atoms with E-state index in [-0.39, 0.29) is 5.56 Å². The van der Waals surface area contributed by atoms with Gasteiger partial charge in [0.1, 0.15) is 11.6 Å². The number of benzene rings is 2. The van der Waals surface area contributed by atoms with E-state index in [1.807, 2.05) is 6.92 Å². The molecule has 1 N–H and O–H groups in total. The summed E-state index contributed by atoms with van der Waals surface area (Å²) >= 11 is 0. The Kier molecular flexibility index (Phi) is 3.53. The van der Waals surface area contributed by atoms with Crippen LogP contribution in [0.25, 0.3) is 5.57 Å². The van der Waals surface area contributed by atoms with Crippen molar-refractivity contribution in [1.82, 2.24) is 0 Å². The fraction of sp³-hybridized carbons (Fsp3) is 0.167. The molecule has 0 saturated carbocycles. The number of fused-ring (bicyclic) bond motifs is 1. The monoisotopic (exact) mass is 300 g/mol. The lowest BCUT2D eigenvalue weighted by molar-refractivity contribution is 0.0697. The molecule has 2 aromatic carbocycles. The maximum Gasteiger partial charge on any atom is 0.335 e. The number of carbonyl (C=O) groups is 1. The van der Waals surface area contributed by atoms with Gasteiger partial charge in [0.05, 0.1) is 5.56 Å². The van der Waals surface area contributed by atoms with Crippen LogP contribution in [0.15, 0.2) is 42.0 Å². The first kappa shape index (κ1) is 14.4. The zero-order valence-corrected chi connectivity index (χ0v) is 12.0. The molecule has 0 amide bonds. The molecule has 1 aliphatic rings. The van der Waals surface area contributed by atoms with Gasteiger partial charge in [0.25, 0.3) is 0 Å². The van der Waals surface area contributed by atoms with E-state index in [1.54, 1.807) is 18.2 Å². The van der Waals surface area contributed by atoms with Crippen molar-refractivity contribution in [3.63, 3.8) is 0 Å². The number of hydrogen-bond acceptors (Lipinski definition) is 1. The van der Waals surface area contributed by atoms with Gasteiger partial charge >= 0.3 is 5.97 Å². The molecule has 0 bridgehead atoms. The molecule has 0 radical (unpaired) electrons. The van der Waals surface area contributed by atoms with Crippen molar-refractivity contribution < 1.29 is 18.7 Å². The van der Waals surface area contributed by atoms with Crippen LogP contribution in [0, 0.1) is 11.6 Å². The van der Waals surface area contributed by atoms with E-state index in [0.29, 0.717) is 16.7 Å². The molecule has 0 spiro atoms. The second-order valence-electron chi connectivity index (χ2n) is 5.46. The molecule has 0 atom stereocenters. The van der Waals surface area contributed by atoms with Gasteiger partial charge in [-0.1, -0.05) is 11.6 Å². The Morgan fingerprint density at radius 3 is 2.50 bits per heavy atom. The van der Waals surface area contributed by atoms with Crippen LogP contribution >= 0.6 is 0 Å². The molecule has 2 aromatic rings. The highest BCUT2D eigenvalue weighted by molar-refractivity contribution is 5.92. The Morgan fingerprint density at radius 1 is 1.05 bits per heavy atom. The van der Waals surface area contributed by atoms with Crippen molar-refractivity contribution in [3.8, 4) is 0 Å². The van der Waals surface area contributed by atoms with Gasteiger partial charge in [-0.2, -0.15) is 0 Å². The summed E-state index contributed by atoms with van der Waals surface area (Å²) in [6.45, 7) is 1.90. The summed E-state index contributed by atoms with van der Waals surface area (Å²) in [6.07, 6.45) is 1.55. The number of carboxylic acids is 1. The number of carboxylic acid groups (broad SMARTS) is 1. The fourth-order valence-corrected chi connectivity index (χ4v) is 2.90. The van der Waals surface area contributed by atoms with E-state index in [4.69, 9.17) is 5.11 Å². The summed E-state index contributed by atoms with van der Waals surface area (Å²) in [5.74, 6) is -2.29. The fourth-order valence-electron chi connectivity index (χ4n) is 2.90. The average molecular weight is 300 g/mol. The third kappa shape index (κ3) is 2.41. The average Bonchev–Trinajstić information content (AvgIpc) is 2.47. The second-order valence-corrected chi connectivity index (χ2v) is 5.46. The van der Waals surface area contributed by atoms with Gasteiger partial charge in [-0.25, -0.2) is 13.6 Å². The molecule has 0 saturated heterocycles. The predicted molar refractivity (Wildman–Crippen MR) is 79.8 cm³/mol. The predicted octanol–water partition coefficient (Wildman–Crippen LogP) is 4.43. The number of rotatable bonds is 2. The second kappa shape index (κ2) is 5.37. The number of allylic oxidation sites excluding steroid dienone is 1. The molecule has 1 aliphatic carbocycles. The minimum absolute atomic E-state index is 0.161. The zero-order valence-electron chi connectivity index (χ0n) is 12.0. The highest BCUT2D eigenvalue weighted by atomic mass is 19.1. The van der Waals surface area contributed by atoms with Crippen LogP contribution in [0.2, 0.25) is 0 Å². The largest absolute Gasteiger partial charge is 0.478 e. The summed E-state index contributed by atoms with van der Waals surface area (Å²) in [6, 6.07) is 8.37. The van der Waals surface area contributed by atoms with Crippen molar-refractivity contribution in [1.29, 1.82) is 0 Å². The molecular formula is C18H14F2O2. The Hall–Kier alpha value is -2.49. The first-order valence-corrected chi connectivity index (χ1v) is 6.99. The number of aromatic carboxylic acids is 1. The van der Waals surface area contributed by atoms with Gasteiger partial charge in [-0.3, -0.25) is 0 Å². The smallest absolute Gasteiger partial charge is 0.335 e. The minimum Gasteiger partial charge on any atom is -0.478 e. The first-order valence-electron chi connectivity index (χ1n) is 6.99. The number of halogens is 2. The van der Waals surface area contributed by atoms with Crippen LogP contribution in [-0.4, -0.2) is 11.1 Å². The summed E-state index contributed by atoms with van der Waals surface area (Å²) in [4.78, 5) is 11.2. The van der Waals surface area contributed by atoms with Gasteiger partial charge in [-0.15, -0.1) is 0 Å². The summed E-state index contributed by atoms with van der Waals surface area (Å²) in [5, 5.41) is 9.16. The maximum absolute atomic E-state index is 14.2. The third-order valence-electron chi connectivity index (χ3n) is 4.02. The van der Waals surface area contributed by atoms with Crippen molar-refractivity contribution >= 4 is 11.5 Å². The highest BCUT2D eigenvalue weighted by Gasteiger charge is 2.22. The number of hydrogen-bond donors (Lipinski definition) is 1. The standard InChI is InChI=1S/C18H14F2O2/c1-10-2-3-11-4-5-12(18(21)22)8-15(11)17(10)14-7-6-13(19)9-16(14)20/h4-9H,2-3H2,1H3,(H,21,22). The Labute approximate surface area is 126 Å². The zero-order chi connectivity index (χ0) is 15.9. The van der Waals surface area contributed by atoms with Gasteiger partial charge in [0.2, 0.25) is 0 Å². The lowest BCUT2D eigenvalue weighted by atomic mass is 9.82. The first-order chi connectivity index (χ1) is 10.5. The van der Waals surface area contributed by atoms with E-state index in [0.717, 1.165) is 30.0 Å². The van der Waals surface area contributed by atoms with Crippen molar-refractivity contribution in [2.75, 3.05) is 0 Å². The molecule has 0 unspecified atom stereocenters. The van der Waals surface area contributed by atoms with Crippen LogP contribution in [0.1, 0.15) is 40.4 Å². The topological polar surface area (TPSA) is 37.3 Å². The van der Waals surface area contributed by atoms with Gasteiger partial charge in [0, 0.05) is 11.6 Å². The van der Waals surface area contributed by atoms with Crippen LogP contribution in [0.3, 0.4) is 0 Å². The highest BCUT2D eigenvalue weighted by Crippen LogP contribution is 2.37. The van der Waals surface area contributed by atoms with Crippen molar-refractivity contribution in [2.45, 2.75) is 19.8 Å². The molecule has 4 heteroatoms. The van der Waals surface area contributed by atoms with Gasteiger partial charge in [0.15, 0.2) is 0 Å². The summed E-state index contributed by atoms with van der Waals surface area (Å²) in [5.41, 5.74) is 3.81. The molecular weight excluding hydrogens is 286 g/mol. The molecule has 3 rings (SSSR count). The van der Waals surface area contributed by atoms with Crippen molar-refractivity contribution in [3.05, 3.63) is 75.9 Å². The normalized spacial score (nSPS) is 14.0. The van der Waals surface area contributed by atoms with Crippen LogP contribution in [-0.2, 0) is 6.42 Å². The molecule has 0 fully saturated rings. The summed E-state index contributed by atoms with van der Waals surface area (Å²) in [7, 11) is 0. The molecule has 22 heavy (non-hydrogen) atoms. The van der Waals surface area contributed by atoms with E-state index < -0.39 is 17.6 Å². The van der Waals surface area contributed by atoms with Crippen LogP contribution in [0.4, 0.5) is 8.78 Å². The molecule has 112 valence electrons. The summed E-state index contributed by atoms with van der Waals surface area (Å²) < 4.78 is 27.3. The van der Waals surface area contributed by atoms with Crippen molar-refractivity contribution in [2.24, 2.45) is 0 Å². The maximum atomic E-state index is 14.2. The Balaban J connectivity index is 2.23.